The van der Waals surface area contributed by atoms with E-state index in [1.807, 2.05) is 51.1 Å². The van der Waals surface area contributed by atoms with Gasteiger partial charge >= 0.3 is 0 Å². The van der Waals surface area contributed by atoms with E-state index in [1.165, 1.54) is 23.5 Å². The molecule has 33 heavy (non-hydrogen) atoms. The molecule has 3 rings (SSSR count). The molecule has 0 aliphatic carbocycles. The fourth-order valence-electron chi connectivity index (χ4n) is 3.82. The van der Waals surface area contributed by atoms with Crippen LogP contribution in [0, 0.1) is 0 Å². The molecule has 1 aliphatic heterocycles. The van der Waals surface area contributed by atoms with Crippen molar-refractivity contribution in [2.24, 2.45) is 0 Å². The zero-order valence-electron chi connectivity index (χ0n) is 19.6. The van der Waals surface area contributed by atoms with E-state index in [-0.39, 0.29) is 11.4 Å². The first-order valence-corrected chi connectivity index (χ1v) is 12.4. The highest BCUT2D eigenvalue weighted by molar-refractivity contribution is 7.89. The van der Waals surface area contributed by atoms with Gasteiger partial charge in [0.2, 0.25) is 10.0 Å². The molecule has 2 aromatic rings. The second kappa shape index (κ2) is 10.2. The summed E-state index contributed by atoms with van der Waals surface area (Å²) in [6.07, 6.45) is 0.628. The van der Waals surface area contributed by atoms with Crippen LogP contribution in [-0.4, -0.2) is 50.0 Å². The number of carbonyl (C=O) groups is 1. The summed E-state index contributed by atoms with van der Waals surface area (Å²) in [4.78, 5) is 19.2. The third-order valence-electron chi connectivity index (χ3n) is 5.60. The molecule has 1 heterocycles. The van der Waals surface area contributed by atoms with E-state index in [0.29, 0.717) is 31.7 Å². The molecule has 8 nitrogen and oxygen atoms in total. The van der Waals surface area contributed by atoms with Crippen molar-refractivity contribution in [3.8, 4) is 5.75 Å². The number of methoxy groups -OCH3 is 1. The maximum atomic E-state index is 14.0. The predicted octanol–water partition coefficient (Wildman–Crippen LogP) is 2.85. The lowest BCUT2D eigenvalue weighted by atomic mass is 9.87. The van der Waals surface area contributed by atoms with Crippen LogP contribution in [0.3, 0.4) is 0 Å². The van der Waals surface area contributed by atoms with E-state index >= 15 is 0 Å². The number of ether oxygens (including phenoxy) is 1. The van der Waals surface area contributed by atoms with Gasteiger partial charge in [-0.25, -0.2) is 13.9 Å². The zero-order chi connectivity index (χ0) is 24.1. The Morgan fingerprint density at radius 1 is 1.06 bits per heavy atom. The average molecular weight is 476 g/mol. The average Bonchev–Trinajstić information content (AvgIpc) is 2.81. The molecule has 1 aliphatic rings. The van der Waals surface area contributed by atoms with Gasteiger partial charge in [0, 0.05) is 6.54 Å². The molecule has 1 amide bonds. The van der Waals surface area contributed by atoms with Crippen LogP contribution in [0.2, 0.25) is 0 Å². The zero-order valence-corrected chi connectivity index (χ0v) is 20.4. The Balaban J connectivity index is 2.09. The van der Waals surface area contributed by atoms with E-state index in [4.69, 9.17) is 9.57 Å². The number of benzene rings is 2. The second-order valence-electron chi connectivity index (χ2n) is 9.10. The first-order valence-electron chi connectivity index (χ1n) is 11.0. The summed E-state index contributed by atoms with van der Waals surface area (Å²) >= 11 is 0. The summed E-state index contributed by atoms with van der Waals surface area (Å²) in [5.41, 5.74) is 1.40. The molecule has 2 aromatic carbocycles. The largest absolute Gasteiger partial charge is 0.497 e. The first kappa shape index (κ1) is 25.2. The number of hydroxylamine groups is 1. The van der Waals surface area contributed by atoms with Crippen molar-refractivity contribution >= 4 is 15.9 Å². The van der Waals surface area contributed by atoms with Crippen LogP contribution in [0.4, 0.5) is 0 Å². The first-order chi connectivity index (χ1) is 15.6. The fourth-order valence-corrected chi connectivity index (χ4v) is 5.59. The van der Waals surface area contributed by atoms with Crippen molar-refractivity contribution in [3.05, 3.63) is 60.2 Å². The van der Waals surface area contributed by atoms with Crippen LogP contribution in [-0.2, 0) is 26.2 Å². The molecule has 1 saturated heterocycles. The molecule has 2 N–H and O–H groups in total. The fraction of sp³-hybridized carbons (Fsp3) is 0.458. The van der Waals surface area contributed by atoms with E-state index in [1.54, 1.807) is 12.1 Å². The molecule has 0 aromatic heterocycles. The van der Waals surface area contributed by atoms with Gasteiger partial charge in [-0.3, -0.25) is 9.63 Å². The van der Waals surface area contributed by atoms with Gasteiger partial charge in [-0.05, 0) is 76.5 Å². The number of nitrogens with one attached hydrogen (secondary N) is 2. The minimum absolute atomic E-state index is 0.0537. The monoisotopic (exact) mass is 475 g/mol. The van der Waals surface area contributed by atoms with Crippen molar-refractivity contribution in [1.82, 2.24) is 15.1 Å². The number of piperidine rings is 1. The highest BCUT2D eigenvalue weighted by atomic mass is 32.2. The van der Waals surface area contributed by atoms with Crippen molar-refractivity contribution in [1.29, 1.82) is 0 Å². The van der Waals surface area contributed by atoms with Gasteiger partial charge in [0.15, 0.2) is 0 Å². The Labute approximate surface area is 196 Å². The Bertz CT molecular complexity index is 1030. The van der Waals surface area contributed by atoms with Gasteiger partial charge in [0.25, 0.3) is 5.91 Å². The van der Waals surface area contributed by atoms with Gasteiger partial charge in [0.05, 0.1) is 17.6 Å². The Hall–Kier alpha value is -2.46. The lowest BCUT2D eigenvalue weighted by molar-refractivity contribution is -0.157. The number of nitrogens with zero attached hydrogens (tertiary/aromatic N) is 1. The Morgan fingerprint density at radius 2 is 1.67 bits per heavy atom. The molecular weight excluding hydrogens is 442 g/mol. The summed E-state index contributed by atoms with van der Waals surface area (Å²) in [6.45, 7) is 6.52. The van der Waals surface area contributed by atoms with E-state index in [9.17, 15) is 13.2 Å². The van der Waals surface area contributed by atoms with Crippen LogP contribution >= 0.6 is 0 Å². The maximum Gasteiger partial charge on any atom is 0.265 e. The predicted molar refractivity (Wildman–Crippen MR) is 126 cm³/mol. The van der Waals surface area contributed by atoms with E-state index < -0.39 is 27.1 Å². The number of carbonyl (C=O) groups excluding carboxylic acids is 1. The van der Waals surface area contributed by atoms with Crippen molar-refractivity contribution in [2.45, 2.75) is 56.2 Å². The summed E-state index contributed by atoms with van der Waals surface area (Å²) in [6, 6.07) is 15.5. The van der Waals surface area contributed by atoms with Crippen LogP contribution in [0.1, 0.15) is 39.2 Å². The summed E-state index contributed by atoms with van der Waals surface area (Å²) in [5.74, 6) is 0.0865. The minimum Gasteiger partial charge on any atom is -0.497 e. The van der Waals surface area contributed by atoms with Crippen LogP contribution in [0.5, 0.6) is 5.75 Å². The third-order valence-corrected chi connectivity index (χ3v) is 7.52. The Morgan fingerprint density at radius 3 is 2.21 bits per heavy atom. The molecule has 0 unspecified atom stereocenters. The molecule has 0 radical (unpaired) electrons. The maximum absolute atomic E-state index is 14.0. The number of hydrogen-bond donors (Lipinski definition) is 2. The lowest BCUT2D eigenvalue weighted by Gasteiger charge is -2.44. The topological polar surface area (TPSA) is 97.0 Å². The van der Waals surface area contributed by atoms with Crippen molar-refractivity contribution in [2.75, 3.05) is 20.2 Å². The van der Waals surface area contributed by atoms with Crippen molar-refractivity contribution in [3.63, 3.8) is 0 Å². The highest BCUT2D eigenvalue weighted by Crippen LogP contribution is 2.35. The van der Waals surface area contributed by atoms with Gasteiger partial charge in [0.1, 0.15) is 11.3 Å². The van der Waals surface area contributed by atoms with Crippen LogP contribution < -0.4 is 15.5 Å². The number of amides is 1. The third kappa shape index (κ3) is 5.92. The second-order valence-corrected chi connectivity index (χ2v) is 11.0. The standard InChI is InChI=1S/C24H33N3O5S/c1-23(2,3)32-26-22(28)24(14-16-25-17-15-24)27(18-19-8-6-5-7-9-19)33(29,30)21-12-10-20(31-4)11-13-21/h5-13,25H,14-18H2,1-4H3,(H,26,28). The normalized spacial score (nSPS) is 16.4. The number of sulfonamides is 1. The van der Waals surface area contributed by atoms with Crippen LogP contribution in [0.15, 0.2) is 59.5 Å². The summed E-state index contributed by atoms with van der Waals surface area (Å²) < 4.78 is 34.5. The summed E-state index contributed by atoms with van der Waals surface area (Å²) in [7, 11) is -2.52. The Kier molecular flexibility index (Phi) is 7.79. The van der Waals surface area contributed by atoms with Gasteiger partial charge < -0.3 is 10.1 Å². The highest BCUT2D eigenvalue weighted by Gasteiger charge is 2.50. The van der Waals surface area contributed by atoms with Crippen LogP contribution in [0.25, 0.3) is 0 Å². The molecular formula is C24H33N3O5S. The quantitative estimate of drug-likeness (QED) is 0.570. The van der Waals surface area contributed by atoms with E-state index in [2.05, 4.69) is 10.8 Å². The molecule has 1 fully saturated rings. The molecule has 0 bridgehead atoms. The van der Waals surface area contributed by atoms with Crippen molar-refractivity contribution < 1.29 is 22.8 Å². The number of rotatable bonds is 8. The smallest absolute Gasteiger partial charge is 0.265 e. The van der Waals surface area contributed by atoms with Gasteiger partial charge in [-0.1, -0.05) is 30.3 Å². The van der Waals surface area contributed by atoms with Gasteiger partial charge in [-0.15, -0.1) is 0 Å². The molecule has 0 spiro atoms. The molecule has 180 valence electrons. The lowest BCUT2D eigenvalue weighted by Crippen LogP contribution is -2.64. The molecule has 0 saturated carbocycles. The van der Waals surface area contributed by atoms with Gasteiger partial charge in [-0.2, -0.15) is 4.31 Å². The minimum atomic E-state index is -4.05. The summed E-state index contributed by atoms with van der Waals surface area (Å²) in [5, 5.41) is 3.23. The SMILES string of the molecule is COc1ccc(S(=O)(=O)N(Cc2ccccc2)C2(C(=O)NOC(C)(C)C)CCNCC2)cc1. The van der Waals surface area contributed by atoms with E-state index in [0.717, 1.165) is 5.56 Å². The molecule has 0 atom stereocenters. The number of hydrogen-bond acceptors (Lipinski definition) is 6. The molecule has 9 heteroatoms.